The zero-order valence-corrected chi connectivity index (χ0v) is 18.7. The van der Waals surface area contributed by atoms with Crippen molar-refractivity contribution in [2.24, 2.45) is 0 Å². The van der Waals surface area contributed by atoms with Crippen molar-refractivity contribution < 1.29 is 13.2 Å². The third-order valence-electron chi connectivity index (χ3n) is 5.27. The van der Waals surface area contributed by atoms with Crippen molar-refractivity contribution in [3.8, 4) is 0 Å². The summed E-state index contributed by atoms with van der Waals surface area (Å²) >= 11 is 1.60. The number of amides is 1. The van der Waals surface area contributed by atoms with Gasteiger partial charge in [-0.05, 0) is 67.1 Å². The predicted octanol–water partition coefficient (Wildman–Crippen LogP) is 4.12. The molecule has 8 heteroatoms. The van der Waals surface area contributed by atoms with Crippen LogP contribution < -0.4 is 14.9 Å². The second-order valence-electron chi connectivity index (χ2n) is 7.42. The summed E-state index contributed by atoms with van der Waals surface area (Å²) < 4.78 is 27.6. The molecule has 1 aromatic heterocycles. The largest absolute Gasteiger partial charge is 0.370 e. The van der Waals surface area contributed by atoms with Crippen molar-refractivity contribution in [2.75, 3.05) is 29.9 Å². The summed E-state index contributed by atoms with van der Waals surface area (Å²) in [7, 11) is -3.62. The zero-order chi connectivity index (χ0) is 21.7. The van der Waals surface area contributed by atoms with Crippen LogP contribution in [0.2, 0.25) is 0 Å². The van der Waals surface area contributed by atoms with E-state index in [1.165, 1.54) is 12.1 Å². The van der Waals surface area contributed by atoms with Crippen LogP contribution in [0.15, 0.2) is 70.9 Å². The first-order chi connectivity index (χ1) is 15.0. The number of thiophene rings is 1. The molecule has 0 unspecified atom stereocenters. The predicted molar refractivity (Wildman–Crippen MR) is 125 cm³/mol. The fourth-order valence-electron chi connectivity index (χ4n) is 3.64. The van der Waals surface area contributed by atoms with Gasteiger partial charge in [0.1, 0.15) is 0 Å². The topological polar surface area (TPSA) is 78.5 Å². The van der Waals surface area contributed by atoms with E-state index in [0.29, 0.717) is 18.5 Å². The maximum atomic E-state index is 12.8. The number of anilines is 2. The third kappa shape index (κ3) is 5.33. The van der Waals surface area contributed by atoms with Crippen LogP contribution in [0.4, 0.5) is 11.4 Å². The standard InChI is InChI=1S/C23H25N3O3S2/c27-23(25-21-7-1-2-8-22(21)26-15-3-4-16-26)18-9-11-20(12-10-18)31(28,29)24-14-13-19-6-5-17-30-19/h1-2,5-12,17,24H,3-4,13-16H2,(H,25,27). The molecule has 0 spiro atoms. The van der Waals surface area contributed by atoms with Crippen LogP contribution in [0.3, 0.4) is 0 Å². The van der Waals surface area contributed by atoms with E-state index in [0.717, 1.165) is 42.2 Å². The van der Waals surface area contributed by atoms with E-state index >= 15 is 0 Å². The Morgan fingerprint density at radius 2 is 1.71 bits per heavy atom. The molecule has 2 N–H and O–H groups in total. The van der Waals surface area contributed by atoms with Gasteiger partial charge in [-0.25, -0.2) is 13.1 Å². The molecule has 0 atom stereocenters. The van der Waals surface area contributed by atoms with Gasteiger partial charge in [0.2, 0.25) is 10.0 Å². The summed E-state index contributed by atoms with van der Waals surface area (Å²) in [5.41, 5.74) is 2.19. The van der Waals surface area contributed by atoms with Gasteiger partial charge in [0, 0.05) is 30.1 Å². The summed E-state index contributed by atoms with van der Waals surface area (Å²) in [6.07, 6.45) is 2.95. The second kappa shape index (κ2) is 9.64. The van der Waals surface area contributed by atoms with Gasteiger partial charge in [-0.15, -0.1) is 11.3 Å². The summed E-state index contributed by atoms with van der Waals surface area (Å²) in [6, 6.07) is 17.7. The van der Waals surface area contributed by atoms with Gasteiger partial charge in [0.05, 0.1) is 16.3 Å². The first-order valence-electron chi connectivity index (χ1n) is 10.3. The molecule has 0 radical (unpaired) electrons. The molecule has 4 rings (SSSR count). The lowest BCUT2D eigenvalue weighted by molar-refractivity contribution is 0.102. The molecule has 6 nitrogen and oxygen atoms in total. The smallest absolute Gasteiger partial charge is 0.255 e. The first kappa shape index (κ1) is 21.5. The molecule has 1 fully saturated rings. The number of hydrogen-bond donors (Lipinski definition) is 2. The van der Waals surface area contributed by atoms with E-state index in [-0.39, 0.29) is 10.8 Å². The minimum atomic E-state index is -3.62. The highest BCUT2D eigenvalue weighted by Crippen LogP contribution is 2.29. The summed E-state index contributed by atoms with van der Waals surface area (Å²) in [5, 5.41) is 4.94. The lowest BCUT2D eigenvalue weighted by Gasteiger charge is -2.21. The quantitative estimate of drug-likeness (QED) is 0.536. The summed E-state index contributed by atoms with van der Waals surface area (Å²) in [4.78, 5) is 16.3. The third-order valence-corrected chi connectivity index (χ3v) is 7.68. The fraction of sp³-hybridized carbons (Fsp3) is 0.261. The Morgan fingerprint density at radius 3 is 2.42 bits per heavy atom. The molecule has 31 heavy (non-hydrogen) atoms. The highest BCUT2D eigenvalue weighted by Gasteiger charge is 2.18. The van der Waals surface area contributed by atoms with Crippen LogP contribution >= 0.6 is 11.3 Å². The number of carbonyl (C=O) groups is 1. The Bertz CT molecular complexity index is 1120. The van der Waals surface area contributed by atoms with Gasteiger partial charge in [-0.1, -0.05) is 18.2 Å². The molecule has 2 heterocycles. The molecule has 0 bridgehead atoms. The number of nitrogens with zero attached hydrogens (tertiary/aromatic N) is 1. The molecule has 0 aliphatic carbocycles. The number of carbonyl (C=O) groups excluding carboxylic acids is 1. The number of hydrogen-bond acceptors (Lipinski definition) is 5. The maximum absolute atomic E-state index is 12.8. The van der Waals surface area contributed by atoms with E-state index in [2.05, 4.69) is 14.9 Å². The van der Waals surface area contributed by atoms with Crippen LogP contribution in [0.25, 0.3) is 0 Å². The molecular formula is C23H25N3O3S2. The number of nitrogens with one attached hydrogen (secondary N) is 2. The highest BCUT2D eigenvalue weighted by atomic mass is 32.2. The van der Waals surface area contributed by atoms with Crippen LogP contribution in [0.1, 0.15) is 28.1 Å². The number of sulfonamides is 1. The molecule has 3 aromatic rings. The minimum Gasteiger partial charge on any atom is -0.370 e. The number of benzene rings is 2. The first-order valence-corrected chi connectivity index (χ1v) is 12.7. The Labute approximate surface area is 187 Å². The van der Waals surface area contributed by atoms with Crippen molar-refractivity contribution in [2.45, 2.75) is 24.2 Å². The van der Waals surface area contributed by atoms with Crippen molar-refractivity contribution in [1.29, 1.82) is 0 Å². The molecule has 1 aliphatic heterocycles. The van der Waals surface area contributed by atoms with Crippen molar-refractivity contribution in [1.82, 2.24) is 4.72 Å². The summed E-state index contributed by atoms with van der Waals surface area (Å²) in [5.74, 6) is -0.263. The van der Waals surface area contributed by atoms with Gasteiger partial charge in [-0.3, -0.25) is 4.79 Å². The molecule has 0 saturated carbocycles. The van der Waals surface area contributed by atoms with E-state index in [1.807, 2.05) is 41.8 Å². The van der Waals surface area contributed by atoms with Gasteiger partial charge in [0.15, 0.2) is 0 Å². The van der Waals surface area contributed by atoms with Crippen LogP contribution in [0.5, 0.6) is 0 Å². The second-order valence-corrected chi connectivity index (χ2v) is 10.2. The number of rotatable bonds is 8. The summed E-state index contributed by atoms with van der Waals surface area (Å²) in [6.45, 7) is 2.30. The van der Waals surface area contributed by atoms with E-state index in [9.17, 15) is 13.2 Å². The number of para-hydroxylation sites is 2. The minimum absolute atomic E-state index is 0.146. The highest BCUT2D eigenvalue weighted by molar-refractivity contribution is 7.89. The molecule has 1 amide bonds. The van der Waals surface area contributed by atoms with Gasteiger partial charge in [0.25, 0.3) is 5.91 Å². The van der Waals surface area contributed by atoms with E-state index in [4.69, 9.17) is 0 Å². The molecule has 1 aliphatic rings. The Hall–Kier alpha value is -2.68. The lowest BCUT2D eigenvalue weighted by Crippen LogP contribution is -2.26. The van der Waals surface area contributed by atoms with Crippen LogP contribution in [0, 0.1) is 0 Å². The molecule has 2 aromatic carbocycles. The molecule has 162 valence electrons. The van der Waals surface area contributed by atoms with Gasteiger partial charge >= 0.3 is 0 Å². The average molecular weight is 456 g/mol. The average Bonchev–Trinajstić information content (AvgIpc) is 3.49. The Balaban J connectivity index is 1.40. The van der Waals surface area contributed by atoms with Crippen LogP contribution in [-0.4, -0.2) is 34.0 Å². The SMILES string of the molecule is O=C(Nc1ccccc1N1CCCC1)c1ccc(S(=O)(=O)NCCc2cccs2)cc1. The maximum Gasteiger partial charge on any atom is 0.255 e. The zero-order valence-electron chi connectivity index (χ0n) is 17.1. The Kier molecular flexibility index (Phi) is 6.70. The van der Waals surface area contributed by atoms with E-state index in [1.54, 1.807) is 23.5 Å². The van der Waals surface area contributed by atoms with E-state index < -0.39 is 10.0 Å². The normalized spacial score (nSPS) is 14.0. The van der Waals surface area contributed by atoms with Crippen molar-refractivity contribution in [3.63, 3.8) is 0 Å². The van der Waals surface area contributed by atoms with Gasteiger partial charge in [-0.2, -0.15) is 0 Å². The Morgan fingerprint density at radius 1 is 0.968 bits per heavy atom. The van der Waals surface area contributed by atoms with Crippen molar-refractivity contribution >= 4 is 38.6 Å². The molecular weight excluding hydrogens is 430 g/mol. The fourth-order valence-corrected chi connectivity index (χ4v) is 5.38. The molecule has 1 saturated heterocycles. The van der Waals surface area contributed by atoms with Gasteiger partial charge < -0.3 is 10.2 Å². The van der Waals surface area contributed by atoms with Crippen LogP contribution in [-0.2, 0) is 16.4 Å². The van der Waals surface area contributed by atoms with Crippen molar-refractivity contribution in [3.05, 3.63) is 76.5 Å². The monoisotopic (exact) mass is 455 g/mol. The lowest BCUT2D eigenvalue weighted by atomic mass is 10.2.